The van der Waals surface area contributed by atoms with Crippen LogP contribution in [-0.2, 0) is 10.0 Å². The van der Waals surface area contributed by atoms with Crippen LogP contribution in [0.5, 0.6) is 0 Å². The lowest BCUT2D eigenvalue weighted by molar-refractivity contribution is -0.0540. The molecule has 0 unspecified atom stereocenters. The lowest BCUT2D eigenvalue weighted by atomic mass is 9.49. The molecule has 0 aromatic rings. The van der Waals surface area contributed by atoms with Gasteiger partial charge >= 0.3 is 0 Å². The van der Waals surface area contributed by atoms with Crippen LogP contribution >= 0.6 is 0 Å². The van der Waals surface area contributed by atoms with Gasteiger partial charge in [-0.25, -0.2) is 13.1 Å². The molecule has 2 N–H and O–H groups in total. The molecule has 4 rings (SSSR count). The Labute approximate surface area is 116 Å². The van der Waals surface area contributed by atoms with E-state index in [2.05, 4.69) is 4.72 Å². The van der Waals surface area contributed by atoms with Crippen molar-refractivity contribution >= 4 is 10.0 Å². The standard InChI is InChI=1S/C14H25NO3S/c16-3-2-15-19(17,18)4-1-14-8-11-5-12(9-14)7-13(6-11)10-14/h11-13,15-16H,1-10H2. The Balaban J connectivity index is 1.61. The first-order valence-electron chi connectivity index (χ1n) is 7.58. The molecule has 0 aliphatic heterocycles. The molecule has 0 aromatic carbocycles. The summed E-state index contributed by atoms with van der Waals surface area (Å²) < 4.78 is 26.2. The van der Waals surface area contributed by atoms with Crippen LogP contribution in [-0.4, -0.2) is 32.4 Å². The summed E-state index contributed by atoms with van der Waals surface area (Å²) in [5.41, 5.74) is 0.322. The minimum absolute atomic E-state index is 0.128. The molecular formula is C14H25NO3S. The molecule has 4 aliphatic carbocycles. The predicted molar refractivity (Wildman–Crippen MR) is 74.1 cm³/mol. The van der Waals surface area contributed by atoms with Crippen molar-refractivity contribution < 1.29 is 13.5 Å². The Hall–Kier alpha value is -0.130. The summed E-state index contributed by atoms with van der Waals surface area (Å²) in [7, 11) is -3.20. The van der Waals surface area contributed by atoms with Gasteiger partial charge in [0.1, 0.15) is 0 Å². The first-order chi connectivity index (χ1) is 9.00. The van der Waals surface area contributed by atoms with Crippen LogP contribution in [0.4, 0.5) is 0 Å². The lowest BCUT2D eigenvalue weighted by Crippen LogP contribution is -2.47. The van der Waals surface area contributed by atoms with E-state index in [1.165, 1.54) is 38.5 Å². The van der Waals surface area contributed by atoms with Gasteiger partial charge in [-0.15, -0.1) is 0 Å². The fourth-order valence-corrected chi connectivity index (χ4v) is 6.47. The highest BCUT2D eigenvalue weighted by atomic mass is 32.2. The molecule has 4 fully saturated rings. The topological polar surface area (TPSA) is 66.4 Å². The number of hydrogen-bond acceptors (Lipinski definition) is 3. The maximum atomic E-state index is 11.9. The third-order valence-electron chi connectivity index (χ3n) is 5.50. The third-order valence-corrected chi connectivity index (χ3v) is 6.89. The molecule has 4 bridgehead atoms. The first kappa shape index (κ1) is 13.8. The van der Waals surface area contributed by atoms with Gasteiger partial charge in [-0.3, -0.25) is 0 Å². The van der Waals surface area contributed by atoms with Crippen LogP contribution < -0.4 is 4.72 Å². The molecule has 4 nitrogen and oxygen atoms in total. The first-order valence-corrected chi connectivity index (χ1v) is 9.24. The second-order valence-corrected chi connectivity index (χ2v) is 9.03. The Morgan fingerprint density at radius 3 is 2.05 bits per heavy atom. The lowest BCUT2D eigenvalue weighted by Gasteiger charge is -2.57. The van der Waals surface area contributed by atoms with Gasteiger partial charge < -0.3 is 5.11 Å². The van der Waals surface area contributed by atoms with E-state index in [0.29, 0.717) is 5.41 Å². The van der Waals surface area contributed by atoms with E-state index in [0.717, 1.165) is 24.2 Å². The highest BCUT2D eigenvalue weighted by molar-refractivity contribution is 7.89. The molecule has 4 aliphatic rings. The summed E-state index contributed by atoms with van der Waals surface area (Å²) in [5.74, 6) is 2.86. The van der Waals surface area contributed by atoms with Gasteiger partial charge in [0.2, 0.25) is 10.0 Å². The summed E-state index contributed by atoms with van der Waals surface area (Å²) in [6.07, 6.45) is 8.78. The van der Waals surface area contributed by atoms with Gasteiger partial charge in [0.15, 0.2) is 0 Å². The van der Waals surface area contributed by atoms with Crippen molar-refractivity contribution in [3.63, 3.8) is 0 Å². The summed E-state index contributed by atoms with van der Waals surface area (Å²) in [6.45, 7) is 0.0137. The zero-order chi connectivity index (χ0) is 13.5. The number of aliphatic hydroxyl groups is 1. The van der Waals surface area contributed by atoms with Gasteiger partial charge in [0.05, 0.1) is 12.4 Å². The van der Waals surface area contributed by atoms with Crippen molar-refractivity contribution in [2.45, 2.75) is 44.9 Å². The Kier molecular flexibility index (Phi) is 3.65. The van der Waals surface area contributed by atoms with Crippen molar-refractivity contribution in [3.05, 3.63) is 0 Å². The van der Waals surface area contributed by atoms with E-state index in [-0.39, 0.29) is 18.9 Å². The van der Waals surface area contributed by atoms with Crippen LogP contribution in [0.1, 0.15) is 44.9 Å². The monoisotopic (exact) mass is 287 g/mol. The molecule has 4 saturated carbocycles. The van der Waals surface area contributed by atoms with Crippen LogP contribution in [0.3, 0.4) is 0 Å². The highest BCUT2D eigenvalue weighted by Gasteiger charge is 2.50. The average molecular weight is 287 g/mol. The van der Waals surface area contributed by atoms with Gasteiger partial charge in [-0.1, -0.05) is 0 Å². The van der Waals surface area contributed by atoms with Gasteiger partial charge in [0.25, 0.3) is 0 Å². The van der Waals surface area contributed by atoms with Crippen molar-refractivity contribution in [1.29, 1.82) is 0 Å². The fourth-order valence-electron chi connectivity index (χ4n) is 5.22. The fraction of sp³-hybridized carbons (Fsp3) is 1.00. The van der Waals surface area contributed by atoms with E-state index >= 15 is 0 Å². The summed E-state index contributed by atoms with van der Waals surface area (Å²) in [5, 5.41) is 8.70. The molecule has 0 radical (unpaired) electrons. The quantitative estimate of drug-likeness (QED) is 0.778. The highest BCUT2D eigenvalue weighted by Crippen LogP contribution is 2.61. The summed E-state index contributed by atoms with van der Waals surface area (Å²) in [4.78, 5) is 0. The van der Waals surface area contributed by atoms with Crippen molar-refractivity contribution in [2.24, 2.45) is 23.2 Å². The zero-order valence-electron chi connectivity index (χ0n) is 11.5. The minimum Gasteiger partial charge on any atom is -0.395 e. The minimum atomic E-state index is -3.20. The van der Waals surface area contributed by atoms with Gasteiger partial charge in [-0.2, -0.15) is 0 Å². The summed E-state index contributed by atoms with van der Waals surface area (Å²) in [6, 6.07) is 0. The van der Waals surface area contributed by atoms with E-state index in [4.69, 9.17) is 5.11 Å². The molecule has 0 saturated heterocycles. The largest absolute Gasteiger partial charge is 0.395 e. The predicted octanol–water partition coefficient (Wildman–Crippen LogP) is 1.50. The third kappa shape index (κ3) is 2.98. The number of hydrogen-bond donors (Lipinski definition) is 2. The van der Waals surface area contributed by atoms with Crippen LogP contribution in [0, 0.1) is 23.2 Å². The number of rotatable bonds is 6. The Morgan fingerprint density at radius 1 is 1.05 bits per heavy atom. The molecule has 0 aromatic heterocycles. The maximum Gasteiger partial charge on any atom is 0.211 e. The maximum absolute atomic E-state index is 11.9. The molecule has 0 amide bonds. The van der Waals surface area contributed by atoms with E-state index in [1.807, 2.05) is 0 Å². The van der Waals surface area contributed by atoms with Crippen LogP contribution in [0.2, 0.25) is 0 Å². The van der Waals surface area contributed by atoms with Crippen molar-refractivity contribution in [2.75, 3.05) is 18.9 Å². The van der Waals surface area contributed by atoms with Crippen LogP contribution in [0.25, 0.3) is 0 Å². The smallest absolute Gasteiger partial charge is 0.211 e. The van der Waals surface area contributed by atoms with E-state index < -0.39 is 10.0 Å². The average Bonchev–Trinajstić information content (AvgIpc) is 2.33. The van der Waals surface area contributed by atoms with Crippen LogP contribution in [0.15, 0.2) is 0 Å². The van der Waals surface area contributed by atoms with Crippen molar-refractivity contribution in [3.8, 4) is 0 Å². The van der Waals surface area contributed by atoms with Crippen molar-refractivity contribution in [1.82, 2.24) is 4.72 Å². The molecular weight excluding hydrogens is 262 g/mol. The molecule has 19 heavy (non-hydrogen) atoms. The molecule has 110 valence electrons. The number of nitrogens with one attached hydrogen (secondary N) is 1. The molecule has 5 heteroatoms. The van der Waals surface area contributed by atoms with E-state index in [1.54, 1.807) is 0 Å². The normalized spacial score (nSPS) is 40.8. The number of aliphatic hydroxyl groups excluding tert-OH is 1. The van der Waals surface area contributed by atoms with Gasteiger partial charge in [-0.05, 0) is 68.1 Å². The molecule has 0 atom stereocenters. The second kappa shape index (κ2) is 5.01. The molecule has 0 heterocycles. The van der Waals surface area contributed by atoms with Gasteiger partial charge in [0, 0.05) is 6.54 Å². The number of sulfonamides is 1. The Morgan fingerprint density at radius 2 is 1.58 bits per heavy atom. The second-order valence-electron chi connectivity index (χ2n) is 7.10. The van der Waals surface area contributed by atoms with E-state index in [9.17, 15) is 8.42 Å². The zero-order valence-corrected chi connectivity index (χ0v) is 12.3. The molecule has 0 spiro atoms. The Bertz CT molecular complexity index is 397. The SMILES string of the molecule is O=S(=O)(CCC12CC3CC(CC(C3)C1)C2)NCCO. The summed E-state index contributed by atoms with van der Waals surface area (Å²) >= 11 is 0.